The molecule has 4 nitrogen and oxygen atoms in total. The van der Waals surface area contributed by atoms with Crippen LogP contribution in [0.1, 0.15) is 47.7 Å². The molecule has 1 fully saturated rings. The van der Waals surface area contributed by atoms with Crippen LogP contribution >= 0.6 is 11.3 Å². The average Bonchev–Trinajstić information content (AvgIpc) is 3.50. The predicted molar refractivity (Wildman–Crippen MR) is 125 cm³/mol. The Morgan fingerprint density at radius 3 is 2.38 bits per heavy atom. The number of carbonyl (C=O) groups is 2. The average molecular weight is 451 g/mol. The van der Waals surface area contributed by atoms with E-state index in [0.29, 0.717) is 12.1 Å². The van der Waals surface area contributed by atoms with E-state index in [1.165, 1.54) is 23.5 Å². The fraction of sp³-hybridized carbons (Fsp3) is 0.308. The maximum atomic E-state index is 13.7. The van der Waals surface area contributed by atoms with Crippen molar-refractivity contribution in [2.24, 2.45) is 0 Å². The van der Waals surface area contributed by atoms with Crippen LogP contribution in [0.25, 0.3) is 0 Å². The molecule has 166 valence electrons. The maximum absolute atomic E-state index is 13.7. The number of thiophene rings is 1. The Bertz CT molecular complexity index is 1020. The van der Waals surface area contributed by atoms with Crippen molar-refractivity contribution in [2.75, 3.05) is 0 Å². The summed E-state index contributed by atoms with van der Waals surface area (Å²) in [7, 11) is 0. The topological polar surface area (TPSA) is 49.4 Å². The molecule has 1 heterocycles. The van der Waals surface area contributed by atoms with Crippen molar-refractivity contribution >= 4 is 23.2 Å². The molecule has 0 spiro atoms. The highest BCUT2D eigenvalue weighted by Gasteiger charge is 2.33. The highest BCUT2D eigenvalue weighted by atomic mass is 32.1. The number of hydrogen-bond acceptors (Lipinski definition) is 3. The van der Waals surface area contributed by atoms with Crippen LogP contribution < -0.4 is 5.32 Å². The van der Waals surface area contributed by atoms with Crippen LogP contribution in [0.2, 0.25) is 0 Å². The van der Waals surface area contributed by atoms with Crippen LogP contribution in [0.15, 0.2) is 72.1 Å². The van der Waals surface area contributed by atoms with Gasteiger partial charge in [-0.15, -0.1) is 11.3 Å². The number of benzene rings is 2. The summed E-state index contributed by atoms with van der Waals surface area (Å²) >= 11 is 1.52. The van der Waals surface area contributed by atoms with Gasteiger partial charge in [0.05, 0.1) is 6.42 Å². The van der Waals surface area contributed by atoms with Crippen molar-refractivity contribution in [3.8, 4) is 0 Å². The number of rotatable bonds is 8. The Balaban J connectivity index is 1.68. The molecule has 6 heteroatoms. The minimum Gasteiger partial charge on any atom is -0.351 e. The molecular weight excluding hydrogens is 423 g/mol. The van der Waals surface area contributed by atoms with Gasteiger partial charge in [-0.2, -0.15) is 0 Å². The van der Waals surface area contributed by atoms with Gasteiger partial charge in [-0.05, 0) is 47.5 Å². The van der Waals surface area contributed by atoms with Gasteiger partial charge >= 0.3 is 0 Å². The second-order valence-corrected chi connectivity index (χ2v) is 9.24. The van der Waals surface area contributed by atoms with Crippen LogP contribution in [-0.4, -0.2) is 22.8 Å². The first-order valence-electron chi connectivity index (χ1n) is 11.0. The summed E-state index contributed by atoms with van der Waals surface area (Å²) in [5.74, 6) is -0.714. The second kappa shape index (κ2) is 10.6. The molecule has 0 unspecified atom stereocenters. The van der Waals surface area contributed by atoms with Crippen molar-refractivity contribution in [1.29, 1.82) is 0 Å². The molecule has 2 amide bonds. The van der Waals surface area contributed by atoms with E-state index in [0.717, 1.165) is 36.1 Å². The number of amides is 2. The Kier molecular flexibility index (Phi) is 7.32. The fourth-order valence-corrected chi connectivity index (χ4v) is 4.93. The summed E-state index contributed by atoms with van der Waals surface area (Å²) in [6.07, 6.45) is 4.31. The number of halogens is 1. The Morgan fingerprint density at radius 1 is 1.00 bits per heavy atom. The first-order valence-corrected chi connectivity index (χ1v) is 11.9. The molecule has 2 aromatic carbocycles. The van der Waals surface area contributed by atoms with Crippen molar-refractivity contribution in [1.82, 2.24) is 10.2 Å². The molecule has 1 aliphatic rings. The van der Waals surface area contributed by atoms with E-state index in [1.54, 1.807) is 17.0 Å². The van der Waals surface area contributed by atoms with Crippen LogP contribution in [-0.2, 0) is 22.6 Å². The highest BCUT2D eigenvalue weighted by molar-refractivity contribution is 7.10. The minimum absolute atomic E-state index is 0.122. The lowest BCUT2D eigenvalue weighted by Crippen LogP contribution is -2.46. The fourth-order valence-electron chi connectivity index (χ4n) is 4.24. The molecule has 1 N–H and O–H groups in total. The summed E-state index contributed by atoms with van der Waals surface area (Å²) in [6, 6.07) is 18.7. The molecule has 4 rings (SSSR count). The Labute approximate surface area is 192 Å². The molecule has 0 saturated heterocycles. The van der Waals surface area contributed by atoms with Gasteiger partial charge in [0.15, 0.2) is 0 Å². The van der Waals surface area contributed by atoms with Crippen molar-refractivity contribution < 1.29 is 14.0 Å². The zero-order valence-electron chi connectivity index (χ0n) is 17.9. The highest BCUT2D eigenvalue weighted by Crippen LogP contribution is 2.27. The maximum Gasteiger partial charge on any atom is 0.247 e. The van der Waals surface area contributed by atoms with Crippen molar-refractivity contribution in [3.63, 3.8) is 0 Å². The number of hydrogen-bond donors (Lipinski definition) is 1. The standard InChI is InChI=1S/C26H27FN2O2S/c27-21-14-12-20(13-15-21)25(26(31)28-22-9-4-5-10-22)29(18-19-7-2-1-3-8-19)24(30)17-23-11-6-16-32-23/h1-3,6-8,11-16,22,25H,4-5,9-10,17-18H2,(H,28,31)/t25-/m1/s1. The van der Waals surface area contributed by atoms with Gasteiger partial charge in [0.25, 0.3) is 0 Å². The van der Waals surface area contributed by atoms with E-state index in [2.05, 4.69) is 5.32 Å². The molecule has 32 heavy (non-hydrogen) atoms. The number of nitrogens with one attached hydrogen (secondary N) is 1. The lowest BCUT2D eigenvalue weighted by Gasteiger charge is -2.32. The summed E-state index contributed by atoms with van der Waals surface area (Å²) in [4.78, 5) is 29.6. The number of nitrogens with zero attached hydrogens (tertiary/aromatic N) is 1. The SMILES string of the molecule is O=C(NC1CCCC1)[C@@H](c1ccc(F)cc1)N(Cc1ccccc1)C(=O)Cc1cccs1. The van der Waals surface area contributed by atoms with Crippen molar-refractivity contribution in [2.45, 2.75) is 50.7 Å². The van der Waals surface area contributed by atoms with Gasteiger partial charge in [0, 0.05) is 17.5 Å². The molecule has 0 aliphatic heterocycles. The third-order valence-corrected chi connectivity index (χ3v) is 6.75. The second-order valence-electron chi connectivity index (χ2n) is 8.21. The third kappa shape index (κ3) is 5.62. The first kappa shape index (κ1) is 22.2. The normalized spacial score (nSPS) is 14.8. The van der Waals surface area contributed by atoms with E-state index in [9.17, 15) is 14.0 Å². The molecular formula is C26H27FN2O2S. The molecule has 1 atom stereocenters. The van der Waals surface area contributed by atoms with Crippen molar-refractivity contribution in [3.05, 3.63) is 93.9 Å². The largest absolute Gasteiger partial charge is 0.351 e. The molecule has 0 radical (unpaired) electrons. The smallest absolute Gasteiger partial charge is 0.247 e. The molecule has 1 aliphatic carbocycles. The summed E-state index contributed by atoms with van der Waals surface area (Å²) in [6.45, 7) is 0.297. The Morgan fingerprint density at radius 2 is 1.72 bits per heavy atom. The van der Waals surface area contributed by atoms with Crippen LogP contribution in [0.5, 0.6) is 0 Å². The lowest BCUT2D eigenvalue weighted by atomic mass is 10.0. The Hall–Kier alpha value is -2.99. The summed E-state index contributed by atoms with van der Waals surface area (Å²) in [5.41, 5.74) is 1.55. The lowest BCUT2D eigenvalue weighted by molar-refractivity contribution is -0.141. The van der Waals surface area contributed by atoms with Gasteiger partial charge in [-0.3, -0.25) is 9.59 Å². The van der Waals surface area contributed by atoms with Gasteiger partial charge < -0.3 is 10.2 Å². The molecule has 0 bridgehead atoms. The summed E-state index contributed by atoms with van der Waals surface area (Å²) < 4.78 is 13.7. The zero-order valence-corrected chi connectivity index (χ0v) is 18.7. The third-order valence-electron chi connectivity index (χ3n) is 5.87. The monoisotopic (exact) mass is 450 g/mol. The zero-order chi connectivity index (χ0) is 22.3. The van der Waals surface area contributed by atoms with E-state index in [4.69, 9.17) is 0 Å². The quantitative estimate of drug-likeness (QED) is 0.509. The minimum atomic E-state index is -0.830. The predicted octanol–water partition coefficient (Wildman–Crippen LogP) is 5.26. The van der Waals surface area contributed by atoms with E-state index in [1.807, 2.05) is 47.8 Å². The van der Waals surface area contributed by atoms with E-state index < -0.39 is 6.04 Å². The van der Waals surface area contributed by atoms with E-state index in [-0.39, 0.29) is 30.1 Å². The molecule has 1 saturated carbocycles. The van der Waals surface area contributed by atoms with Crippen LogP contribution in [0.4, 0.5) is 4.39 Å². The van der Waals surface area contributed by atoms with Crippen LogP contribution in [0, 0.1) is 5.82 Å². The van der Waals surface area contributed by atoms with Gasteiger partial charge in [-0.1, -0.05) is 61.4 Å². The first-order chi connectivity index (χ1) is 15.6. The summed E-state index contributed by atoms with van der Waals surface area (Å²) in [5, 5.41) is 5.09. The van der Waals surface area contributed by atoms with Gasteiger partial charge in [-0.25, -0.2) is 4.39 Å². The molecule has 3 aromatic rings. The van der Waals surface area contributed by atoms with E-state index >= 15 is 0 Å². The van der Waals surface area contributed by atoms with Crippen LogP contribution in [0.3, 0.4) is 0 Å². The number of carbonyl (C=O) groups excluding carboxylic acids is 2. The molecule has 1 aromatic heterocycles. The van der Waals surface area contributed by atoms with Gasteiger partial charge in [0.1, 0.15) is 11.9 Å². The van der Waals surface area contributed by atoms with Gasteiger partial charge in [0.2, 0.25) is 11.8 Å².